The summed E-state index contributed by atoms with van der Waals surface area (Å²) < 4.78 is 0. The van der Waals surface area contributed by atoms with E-state index in [1.807, 2.05) is 19.4 Å². The van der Waals surface area contributed by atoms with E-state index in [0.29, 0.717) is 0 Å². The minimum Gasteiger partial charge on any atom is -0.323 e. The number of hydrogen-bond donors (Lipinski definition) is 2. The minimum absolute atomic E-state index is 0.162. The number of carbonyl (C=O) groups is 2. The topological polar surface area (TPSA) is 74.3 Å². The van der Waals surface area contributed by atoms with Crippen LogP contribution >= 0.6 is 11.3 Å². The van der Waals surface area contributed by atoms with E-state index in [2.05, 4.69) is 20.5 Å². The van der Waals surface area contributed by atoms with Crippen LogP contribution < -0.4 is 10.6 Å². The molecule has 2 aliphatic heterocycles. The van der Waals surface area contributed by atoms with Crippen LogP contribution in [0.4, 0.5) is 4.79 Å². The molecule has 3 amide bonds. The van der Waals surface area contributed by atoms with Gasteiger partial charge in [0.25, 0.3) is 5.91 Å². The highest BCUT2D eigenvalue weighted by atomic mass is 32.1. The Labute approximate surface area is 134 Å². The third-order valence-electron chi connectivity index (χ3n) is 4.89. The first-order valence-corrected chi connectivity index (χ1v) is 8.62. The average Bonchev–Trinajstić information content (AvgIpc) is 3.01. The number of aryl methyl sites for hydroxylation is 1. The molecule has 0 saturated carbocycles. The second-order valence-corrected chi connectivity index (χ2v) is 7.30. The van der Waals surface area contributed by atoms with Crippen LogP contribution in [0, 0.1) is 12.8 Å². The van der Waals surface area contributed by atoms with Crippen molar-refractivity contribution in [3.05, 3.63) is 16.1 Å². The van der Waals surface area contributed by atoms with Gasteiger partial charge in [0.15, 0.2) is 0 Å². The Morgan fingerprint density at radius 1 is 1.50 bits per heavy atom. The highest BCUT2D eigenvalue weighted by Gasteiger charge is 2.48. The number of urea groups is 1. The van der Waals surface area contributed by atoms with Gasteiger partial charge < -0.3 is 10.2 Å². The standard InChI is InChI=1S/C15H22N4O2S/c1-10-12(22-9-16-10)5-7-19-6-3-4-11(8-19)15(2)13(20)17-14(21)18-15/h9,11H,3-8H2,1-2H3,(H2,17,18,20,21)/t11-,15-/m1/s1. The van der Waals surface area contributed by atoms with Gasteiger partial charge in [0, 0.05) is 23.9 Å². The molecule has 2 saturated heterocycles. The van der Waals surface area contributed by atoms with Crippen molar-refractivity contribution < 1.29 is 9.59 Å². The van der Waals surface area contributed by atoms with Crippen molar-refractivity contribution in [2.24, 2.45) is 5.92 Å². The van der Waals surface area contributed by atoms with E-state index in [1.165, 1.54) is 4.88 Å². The molecule has 6 nitrogen and oxygen atoms in total. The Balaban J connectivity index is 1.61. The Hall–Kier alpha value is -1.47. The number of carbonyl (C=O) groups excluding carboxylic acids is 2. The van der Waals surface area contributed by atoms with Crippen molar-refractivity contribution in [2.45, 2.75) is 38.6 Å². The van der Waals surface area contributed by atoms with Crippen LogP contribution in [0.3, 0.4) is 0 Å². The number of hydrogen-bond acceptors (Lipinski definition) is 5. The lowest BCUT2D eigenvalue weighted by Gasteiger charge is -2.39. The van der Waals surface area contributed by atoms with Gasteiger partial charge in [-0.2, -0.15) is 0 Å². The Morgan fingerprint density at radius 2 is 2.32 bits per heavy atom. The number of rotatable bonds is 4. The number of nitrogens with one attached hydrogen (secondary N) is 2. The number of amides is 3. The third kappa shape index (κ3) is 2.87. The molecular weight excluding hydrogens is 300 g/mol. The summed E-state index contributed by atoms with van der Waals surface area (Å²) in [5.74, 6) is -0.0297. The summed E-state index contributed by atoms with van der Waals surface area (Å²) in [5.41, 5.74) is 2.24. The maximum absolute atomic E-state index is 12.1. The highest BCUT2D eigenvalue weighted by molar-refractivity contribution is 7.09. The van der Waals surface area contributed by atoms with Crippen LogP contribution in [-0.2, 0) is 11.2 Å². The fourth-order valence-electron chi connectivity index (χ4n) is 3.40. The molecule has 0 aromatic carbocycles. The molecule has 7 heteroatoms. The molecular formula is C15H22N4O2S. The Morgan fingerprint density at radius 3 is 2.95 bits per heavy atom. The average molecular weight is 322 g/mol. The molecule has 0 aliphatic carbocycles. The predicted octanol–water partition coefficient (Wildman–Crippen LogP) is 1.30. The van der Waals surface area contributed by atoms with E-state index in [0.717, 1.165) is 44.6 Å². The second kappa shape index (κ2) is 5.96. The number of likely N-dealkylation sites (tertiary alicyclic amines) is 1. The van der Waals surface area contributed by atoms with Crippen LogP contribution in [-0.4, -0.2) is 47.0 Å². The van der Waals surface area contributed by atoms with Gasteiger partial charge >= 0.3 is 6.03 Å². The molecule has 1 aromatic heterocycles. The number of piperidine rings is 1. The van der Waals surface area contributed by atoms with E-state index in [1.54, 1.807) is 11.3 Å². The summed E-state index contributed by atoms with van der Waals surface area (Å²) in [7, 11) is 0. The molecule has 0 unspecified atom stereocenters. The lowest BCUT2D eigenvalue weighted by Crippen LogP contribution is -2.55. The van der Waals surface area contributed by atoms with Gasteiger partial charge in [-0.1, -0.05) is 0 Å². The van der Waals surface area contributed by atoms with E-state index < -0.39 is 5.54 Å². The van der Waals surface area contributed by atoms with Gasteiger partial charge in [-0.15, -0.1) is 11.3 Å². The maximum Gasteiger partial charge on any atom is 0.322 e. The Bertz CT molecular complexity index is 588. The van der Waals surface area contributed by atoms with Crippen molar-refractivity contribution in [3.8, 4) is 0 Å². The Kier molecular flexibility index (Phi) is 4.18. The number of thiazole rings is 1. The summed E-state index contributed by atoms with van der Waals surface area (Å²) in [6.45, 7) is 6.77. The smallest absolute Gasteiger partial charge is 0.322 e. The van der Waals surface area contributed by atoms with Crippen molar-refractivity contribution in [2.75, 3.05) is 19.6 Å². The van der Waals surface area contributed by atoms with Gasteiger partial charge in [0.05, 0.1) is 11.2 Å². The molecule has 0 bridgehead atoms. The minimum atomic E-state index is -0.768. The highest BCUT2D eigenvalue weighted by Crippen LogP contribution is 2.29. The molecule has 22 heavy (non-hydrogen) atoms. The van der Waals surface area contributed by atoms with Gasteiger partial charge in [-0.05, 0) is 39.7 Å². The van der Waals surface area contributed by atoms with Crippen LogP contribution in [0.5, 0.6) is 0 Å². The predicted molar refractivity (Wildman–Crippen MR) is 84.8 cm³/mol. The van der Waals surface area contributed by atoms with Crippen molar-refractivity contribution in [1.82, 2.24) is 20.5 Å². The maximum atomic E-state index is 12.1. The van der Waals surface area contributed by atoms with E-state index in [9.17, 15) is 9.59 Å². The molecule has 120 valence electrons. The summed E-state index contributed by atoms with van der Waals surface area (Å²) in [6.07, 6.45) is 3.03. The third-order valence-corrected chi connectivity index (χ3v) is 5.89. The first-order valence-electron chi connectivity index (χ1n) is 7.74. The molecule has 3 heterocycles. The summed E-state index contributed by atoms with van der Waals surface area (Å²) in [4.78, 5) is 31.6. The summed E-state index contributed by atoms with van der Waals surface area (Å²) >= 11 is 1.71. The van der Waals surface area contributed by atoms with Crippen molar-refractivity contribution >= 4 is 23.3 Å². The normalized spacial score (nSPS) is 29.5. The monoisotopic (exact) mass is 322 g/mol. The second-order valence-electron chi connectivity index (χ2n) is 6.36. The van der Waals surface area contributed by atoms with E-state index in [-0.39, 0.29) is 17.9 Å². The molecule has 0 spiro atoms. The molecule has 2 fully saturated rings. The summed E-state index contributed by atoms with van der Waals surface area (Å²) in [5, 5.41) is 5.18. The fourth-order valence-corrected chi connectivity index (χ4v) is 4.17. The molecule has 0 radical (unpaired) electrons. The van der Waals surface area contributed by atoms with Crippen molar-refractivity contribution in [3.63, 3.8) is 0 Å². The van der Waals surface area contributed by atoms with Gasteiger partial charge in [-0.25, -0.2) is 9.78 Å². The zero-order chi connectivity index (χ0) is 15.7. The molecule has 2 N–H and O–H groups in total. The summed E-state index contributed by atoms with van der Waals surface area (Å²) in [6, 6.07) is -0.370. The zero-order valence-corrected chi connectivity index (χ0v) is 13.8. The number of aromatic nitrogens is 1. The van der Waals surface area contributed by atoms with Gasteiger partial charge in [0.1, 0.15) is 5.54 Å². The van der Waals surface area contributed by atoms with Crippen LogP contribution in [0.25, 0.3) is 0 Å². The first kappa shape index (κ1) is 15.4. The van der Waals surface area contributed by atoms with Crippen LogP contribution in [0.1, 0.15) is 30.3 Å². The number of imide groups is 1. The van der Waals surface area contributed by atoms with Crippen LogP contribution in [0.2, 0.25) is 0 Å². The molecule has 1 aromatic rings. The van der Waals surface area contributed by atoms with Crippen LogP contribution in [0.15, 0.2) is 5.51 Å². The molecule has 2 atom stereocenters. The quantitative estimate of drug-likeness (QED) is 0.820. The van der Waals surface area contributed by atoms with E-state index >= 15 is 0 Å². The first-order chi connectivity index (χ1) is 10.5. The van der Waals surface area contributed by atoms with Gasteiger partial charge in [-0.3, -0.25) is 10.1 Å². The lowest BCUT2D eigenvalue weighted by molar-refractivity contribution is -0.126. The van der Waals surface area contributed by atoms with Gasteiger partial charge in [0.2, 0.25) is 0 Å². The molecule has 3 rings (SSSR count). The SMILES string of the molecule is Cc1ncsc1CCN1CCC[C@@H]([C@@]2(C)NC(=O)NC2=O)C1. The van der Waals surface area contributed by atoms with E-state index in [4.69, 9.17) is 0 Å². The fraction of sp³-hybridized carbons (Fsp3) is 0.667. The number of nitrogens with zero attached hydrogens (tertiary/aromatic N) is 2. The molecule has 2 aliphatic rings. The zero-order valence-electron chi connectivity index (χ0n) is 13.0. The van der Waals surface area contributed by atoms with Crippen molar-refractivity contribution in [1.29, 1.82) is 0 Å². The lowest BCUT2D eigenvalue weighted by atomic mass is 9.80. The largest absolute Gasteiger partial charge is 0.323 e.